The molecule has 1 aliphatic rings. The largest absolute Gasteiger partial charge is 0.491 e. The minimum atomic E-state index is 0.102. The van der Waals surface area contributed by atoms with Crippen molar-refractivity contribution in [2.75, 3.05) is 32.2 Å². The van der Waals surface area contributed by atoms with E-state index in [1.54, 1.807) is 12.1 Å². The van der Waals surface area contributed by atoms with Gasteiger partial charge in [0, 0.05) is 25.2 Å². The zero-order valence-corrected chi connectivity index (χ0v) is 8.94. The van der Waals surface area contributed by atoms with Crippen molar-refractivity contribution in [3.63, 3.8) is 0 Å². The van der Waals surface area contributed by atoms with Gasteiger partial charge in [-0.1, -0.05) is 0 Å². The van der Waals surface area contributed by atoms with Crippen LogP contribution in [0.25, 0.3) is 0 Å². The molecule has 0 aliphatic carbocycles. The Bertz CT molecular complexity index is 367. The number of anilines is 1. The molecule has 5 heteroatoms. The Hall–Kier alpha value is -1.62. The molecular weight excluding hydrogens is 210 g/mol. The zero-order valence-electron chi connectivity index (χ0n) is 8.94. The molecule has 0 aromatic heterocycles. The Balaban J connectivity index is 2.12. The molecular formula is C11H15NO4. The van der Waals surface area contributed by atoms with Crippen molar-refractivity contribution >= 4 is 5.69 Å². The van der Waals surface area contributed by atoms with Crippen molar-refractivity contribution in [1.29, 1.82) is 0 Å². The first-order valence-electron chi connectivity index (χ1n) is 5.24. The lowest BCUT2D eigenvalue weighted by Crippen LogP contribution is -2.15. The van der Waals surface area contributed by atoms with Gasteiger partial charge in [-0.05, 0) is 0 Å². The molecule has 3 N–H and O–H groups in total. The maximum Gasteiger partial charge on any atom is 0.165 e. The lowest BCUT2D eigenvalue weighted by molar-refractivity contribution is 0.170. The van der Waals surface area contributed by atoms with E-state index in [9.17, 15) is 0 Å². The first-order valence-corrected chi connectivity index (χ1v) is 5.24. The number of ether oxygens (including phenoxy) is 3. The van der Waals surface area contributed by atoms with Crippen molar-refractivity contribution in [3.05, 3.63) is 12.1 Å². The number of nitrogen functional groups attached to an aromatic ring is 1. The zero-order chi connectivity index (χ0) is 11.4. The highest BCUT2D eigenvalue weighted by Gasteiger charge is 2.15. The Morgan fingerprint density at radius 1 is 1.25 bits per heavy atom. The fraction of sp³-hybridized carbons (Fsp3) is 0.455. The van der Waals surface area contributed by atoms with Gasteiger partial charge in [0.05, 0.1) is 12.3 Å². The molecule has 5 nitrogen and oxygen atoms in total. The van der Waals surface area contributed by atoms with E-state index in [0.717, 1.165) is 0 Å². The number of hydrogen-bond donors (Lipinski definition) is 2. The minimum Gasteiger partial charge on any atom is -0.491 e. The van der Waals surface area contributed by atoms with E-state index in [0.29, 0.717) is 49.2 Å². The van der Waals surface area contributed by atoms with Gasteiger partial charge in [-0.3, -0.25) is 0 Å². The van der Waals surface area contributed by atoms with Crippen molar-refractivity contribution in [2.24, 2.45) is 0 Å². The third-order valence-electron chi connectivity index (χ3n) is 2.23. The molecule has 0 unspecified atom stereocenters. The van der Waals surface area contributed by atoms with E-state index in [1.807, 2.05) is 0 Å². The van der Waals surface area contributed by atoms with Crippen LogP contribution in [-0.2, 0) is 0 Å². The summed E-state index contributed by atoms with van der Waals surface area (Å²) in [6.45, 7) is 1.61. The summed E-state index contributed by atoms with van der Waals surface area (Å²) in [6, 6.07) is 3.42. The van der Waals surface area contributed by atoms with Crippen LogP contribution < -0.4 is 19.9 Å². The predicted molar refractivity (Wildman–Crippen MR) is 59.0 cm³/mol. The normalized spacial score (nSPS) is 13.6. The molecule has 0 saturated carbocycles. The standard InChI is InChI=1S/C11H15NO4/c12-8-6-10-11(16-5-4-15-10)7-9(8)14-3-1-2-13/h6-7,13H,1-5,12H2. The van der Waals surface area contributed by atoms with E-state index in [1.165, 1.54) is 0 Å². The number of rotatable bonds is 4. The number of hydrogen-bond acceptors (Lipinski definition) is 5. The summed E-state index contributed by atoms with van der Waals surface area (Å²) in [5, 5.41) is 8.65. The molecule has 0 atom stereocenters. The highest BCUT2D eigenvalue weighted by molar-refractivity contribution is 5.62. The molecule has 88 valence electrons. The van der Waals surface area contributed by atoms with Crippen molar-refractivity contribution < 1.29 is 19.3 Å². The van der Waals surface area contributed by atoms with Crippen LogP contribution in [0.5, 0.6) is 17.2 Å². The van der Waals surface area contributed by atoms with Gasteiger partial charge in [0.1, 0.15) is 19.0 Å². The Morgan fingerprint density at radius 3 is 2.62 bits per heavy atom. The molecule has 0 amide bonds. The van der Waals surface area contributed by atoms with Gasteiger partial charge in [0.25, 0.3) is 0 Å². The number of nitrogens with two attached hydrogens (primary N) is 1. The molecule has 2 rings (SSSR count). The molecule has 0 saturated heterocycles. The maximum absolute atomic E-state index is 8.65. The van der Waals surface area contributed by atoms with Crippen LogP contribution in [0.1, 0.15) is 6.42 Å². The van der Waals surface area contributed by atoms with Gasteiger partial charge in [0.2, 0.25) is 0 Å². The summed E-state index contributed by atoms with van der Waals surface area (Å²) in [5.41, 5.74) is 6.32. The number of aliphatic hydroxyl groups is 1. The minimum absolute atomic E-state index is 0.102. The Morgan fingerprint density at radius 2 is 1.94 bits per heavy atom. The summed E-state index contributed by atoms with van der Waals surface area (Å²) < 4.78 is 16.2. The van der Waals surface area contributed by atoms with Gasteiger partial charge in [-0.25, -0.2) is 0 Å². The molecule has 1 heterocycles. The van der Waals surface area contributed by atoms with Crippen LogP contribution in [0, 0.1) is 0 Å². The highest BCUT2D eigenvalue weighted by atomic mass is 16.6. The van der Waals surface area contributed by atoms with E-state index in [4.69, 9.17) is 25.1 Å². The molecule has 16 heavy (non-hydrogen) atoms. The van der Waals surface area contributed by atoms with Crippen LogP contribution in [0.4, 0.5) is 5.69 Å². The van der Waals surface area contributed by atoms with Crippen LogP contribution in [0.3, 0.4) is 0 Å². The van der Waals surface area contributed by atoms with E-state index in [-0.39, 0.29) is 6.61 Å². The van der Waals surface area contributed by atoms with E-state index in [2.05, 4.69) is 0 Å². The first-order chi connectivity index (χ1) is 7.81. The molecule has 0 fully saturated rings. The van der Waals surface area contributed by atoms with Crippen LogP contribution in [0.15, 0.2) is 12.1 Å². The number of benzene rings is 1. The van der Waals surface area contributed by atoms with Crippen LogP contribution in [-0.4, -0.2) is 31.5 Å². The van der Waals surface area contributed by atoms with Gasteiger partial charge < -0.3 is 25.1 Å². The predicted octanol–water partition coefficient (Wildman–Crippen LogP) is 0.801. The molecule has 0 radical (unpaired) electrons. The summed E-state index contributed by atoms with van der Waals surface area (Å²) in [7, 11) is 0. The highest BCUT2D eigenvalue weighted by Crippen LogP contribution is 2.38. The number of fused-ring (bicyclic) bond motifs is 1. The summed E-state index contributed by atoms with van der Waals surface area (Å²) in [4.78, 5) is 0. The summed E-state index contributed by atoms with van der Waals surface area (Å²) in [6.07, 6.45) is 0.577. The van der Waals surface area contributed by atoms with Crippen LogP contribution in [0.2, 0.25) is 0 Å². The lowest BCUT2D eigenvalue weighted by atomic mass is 10.2. The fourth-order valence-corrected chi connectivity index (χ4v) is 1.46. The number of aliphatic hydroxyl groups excluding tert-OH is 1. The topological polar surface area (TPSA) is 73.9 Å². The second-order valence-electron chi connectivity index (χ2n) is 3.46. The average molecular weight is 225 g/mol. The van der Waals surface area contributed by atoms with Crippen molar-refractivity contribution in [2.45, 2.75) is 6.42 Å². The van der Waals surface area contributed by atoms with E-state index < -0.39 is 0 Å². The molecule has 0 spiro atoms. The maximum atomic E-state index is 8.65. The SMILES string of the molecule is Nc1cc2c(cc1OCCCO)OCCO2. The van der Waals surface area contributed by atoms with E-state index >= 15 is 0 Å². The quantitative estimate of drug-likeness (QED) is 0.585. The Kier molecular flexibility index (Phi) is 3.36. The molecule has 1 aliphatic heterocycles. The molecule has 0 bridgehead atoms. The van der Waals surface area contributed by atoms with Crippen molar-refractivity contribution in [3.8, 4) is 17.2 Å². The average Bonchev–Trinajstić information content (AvgIpc) is 2.30. The fourth-order valence-electron chi connectivity index (χ4n) is 1.46. The lowest BCUT2D eigenvalue weighted by Gasteiger charge is -2.20. The first kappa shape index (κ1) is 10.9. The smallest absolute Gasteiger partial charge is 0.165 e. The third kappa shape index (κ3) is 2.30. The van der Waals surface area contributed by atoms with Crippen LogP contribution >= 0.6 is 0 Å². The second-order valence-corrected chi connectivity index (χ2v) is 3.46. The monoisotopic (exact) mass is 225 g/mol. The van der Waals surface area contributed by atoms with Crippen molar-refractivity contribution in [1.82, 2.24) is 0 Å². The second kappa shape index (κ2) is 4.94. The summed E-state index contributed by atoms with van der Waals surface area (Å²) >= 11 is 0. The van der Waals surface area contributed by atoms with Gasteiger partial charge >= 0.3 is 0 Å². The molecule has 1 aromatic rings. The van der Waals surface area contributed by atoms with Gasteiger partial charge in [-0.2, -0.15) is 0 Å². The third-order valence-corrected chi connectivity index (χ3v) is 2.23. The summed E-state index contributed by atoms with van der Waals surface area (Å²) in [5.74, 6) is 1.87. The van der Waals surface area contributed by atoms with Gasteiger partial charge in [-0.15, -0.1) is 0 Å². The molecule has 1 aromatic carbocycles. The Labute approximate surface area is 93.7 Å². The van der Waals surface area contributed by atoms with Gasteiger partial charge in [0.15, 0.2) is 11.5 Å².